The van der Waals surface area contributed by atoms with Gasteiger partial charge in [-0.15, -0.1) is 0 Å². The summed E-state index contributed by atoms with van der Waals surface area (Å²) in [4.78, 5) is 23.6. The molecule has 2 fully saturated rings. The number of rotatable bonds is 9. The Labute approximate surface area is 198 Å². The Hall–Kier alpha value is -1.92. The van der Waals surface area contributed by atoms with Gasteiger partial charge < -0.3 is 18.9 Å². The summed E-state index contributed by atoms with van der Waals surface area (Å²) < 4.78 is 22.9. The molecule has 33 heavy (non-hydrogen) atoms. The van der Waals surface area contributed by atoms with Gasteiger partial charge >= 0.3 is 11.9 Å². The summed E-state index contributed by atoms with van der Waals surface area (Å²) in [5.74, 6) is 0.177. The van der Waals surface area contributed by atoms with Crippen molar-refractivity contribution in [3.8, 4) is 0 Å². The predicted molar refractivity (Wildman–Crippen MR) is 126 cm³/mol. The van der Waals surface area contributed by atoms with Crippen LogP contribution in [0.15, 0.2) is 24.3 Å². The molecule has 0 radical (unpaired) electrons. The maximum atomic E-state index is 12.6. The molecule has 2 aliphatic heterocycles. The van der Waals surface area contributed by atoms with Gasteiger partial charge in [0, 0.05) is 12.8 Å². The molecule has 0 amide bonds. The van der Waals surface area contributed by atoms with E-state index in [1.54, 1.807) is 0 Å². The van der Waals surface area contributed by atoms with E-state index in [2.05, 4.69) is 26.0 Å². The lowest BCUT2D eigenvalue weighted by Crippen LogP contribution is -2.41. The Morgan fingerprint density at radius 2 is 1.70 bits per heavy atom. The number of esters is 2. The highest BCUT2D eigenvalue weighted by Crippen LogP contribution is 2.31. The number of ether oxygens (including phenoxy) is 4. The highest BCUT2D eigenvalue weighted by molar-refractivity contribution is 5.77. The van der Waals surface area contributed by atoms with Gasteiger partial charge in [0.05, 0.1) is 30.8 Å². The normalized spacial score (nSPS) is 26.6. The summed E-state index contributed by atoms with van der Waals surface area (Å²) in [6.07, 6.45) is 5.92. The van der Waals surface area contributed by atoms with Crippen LogP contribution in [0.25, 0.3) is 0 Å². The maximum Gasteiger partial charge on any atom is 0.313 e. The highest BCUT2D eigenvalue weighted by atomic mass is 16.6. The Balaban J connectivity index is 1.41. The van der Waals surface area contributed by atoms with Crippen molar-refractivity contribution < 1.29 is 28.5 Å². The number of carbonyl (C=O) groups is 2. The zero-order chi connectivity index (χ0) is 23.8. The van der Waals surface area contributed by atoms with Crippen LogP contribution in [0.5, 0.6) is 0 Å². The largest absolute Gasteiger partial charge is 0.463 e. The number of hydrogen-bond acceptors (Lipinski definition) is 6. The van der Waals surface area contributed by atoms with Crippen LogP contribution >= 0.6 is 0 Å². The van der Waals surface area contributed by atoms with E-state index in [1.165, 1.54) is 12.5 Å². The third-order valence-corrected chi connectivity index (χ3v) is 6.67. The van der Waals surface area contributed by atoms with Gasteiger partial charge in [-0.25, -0.2) is 0 Å². The molecule has 2 aliphatic rings. The molecule has 0 aliphatic carbocycles. The first-order chi connectivity index (χ1) is 15.8. The third-order valence-electron chi connectivity index (χ3n) is 6.67. The van der Waals surface area contributed by atoms with Crippen LogP contribution in [0, 0.1) is 11.8 Å². The molecule has 0 saturated carbocycles. The van der Waals surface area contributed by atoms with Crippen LogP contribution < -0.4 is 0 Å². The van der Waals surface area contributed by atoms with Gasteiger partial charge in [0.25, 0.3) is 0 Å². The van der Waals surface area contributed by atoms with Gasteiger partial charge in [0.2, 0.25) is 0 Å². The fourth-order valence-electron chi connectivity index (χ4n) is 4.71. The maximum absolute atomic E-state index is 12.6. The fourth-order valence-corrected chi connectivity index (χ4v) is 4.71. The lowest BCUT2D eigenvalue weighted by Gasteiger charge is -2.38. The van der Waals surface area contributed by atoms with E-state index in [0.717, 1.165) is 44.1 Å². The van der Waals surface area contributed by atoms with Crippen LogP contribution in [-0.2, 0) is 35.0 Å². The third kappa shape index (κ3) is 8.11. The van der Waals surface area contributed by atoms with Crippen LogP contribution in [0.2, 0.25) is 0 Å². The van der Waals surface area contributed by atoms with E-state index in [4.69, 9.17) is 18.9 Å². The summed E-state index contributed by atoms with van der Waals surface area (Å²) >= 11 is 0. The average Bonchev–Trinajstić information content (AvgIpc) is 2.81. The van der Waals surface area contributed by atoms with Crippen LogP contribution in [0.4, 0.5) is 0 Å². The van der Waals surface area contributed by atoms with Crippen molar-refractivity contribution in [1.82, 2.24) is 0 Å². The highest BCUT2D eigenvalue weighted by Gasteiger charge is 2.33. The summed E-state index contributed by atoms with van der Waals surface area (Å²) in [6, 6.07) is 8.29. The van der Waals surface area contributed by atoms with Crippen LogP contribution in [0.1, 0.15) is 76.8 Å². The minimum Gasteiger partial charge on any atom is -0.463 e. The monoisotopic (exact) mass is 460 g/mol. The number of carbonyl (C=O) groups excluding carboxylic acids is 2. The minimum atomic E-state index is -0.293. The molecule has 0 aromatic heterocycles. The first kappa shape index (κ1) is 25.7. The van der Waals surface area contributed by atoms with Gasteiger partial charge in [0.1, 0.15) is 13.2 Å². The zero-order valence-electron chi connectivity index (χ0n) is 20.6. The minimum absolute atomic E-state index is 0.0218. The van der Waals surface area contributed by atoms with E-state index >= 15 is 0 Å². The van der Waals surface area contributed by atoms with E-state index in [-0.39, 0.29) is 36.2 Å². The molecule has 0 spiro atoms. The molecule has 184 valence electrons. The lowest BCUT2D eigenvalue weighted by atomic mass is 9.88. The molecule has 1 aromatic rings. The molecule has 0 bridgehead atoms. The van der Waals surface area contributed by atoms with Gasteiger partial charge in [0.15, 0.2) is 0 Å². The summed E-state index contributed by atoms with van der Waals surface area (Å²) in [7, 11) is 0. The van der Waals surface area contributed by atoms with Crippen LogP contribution in [0.3, 0.4) is 0 Å². The van der Waals surface area contributed by atoms with Crippen molar-refractivity contribution in [1.29, 1.82) is 0 Å². The molecule has 2 heterocycles. The first-order valence-corrected chi connectivity index (χ1v) is 12.5. The van der Waals surface area contributed by atoms with Crippen molar-refractivity contribution in [2.24, 2.45) is 11.8 Å². The second-order valence-corrected chi connectivity index (χ2v) is 10.0. The van der Waals surface area contributed by atoms with E-state index < -0.39 is 0 Å². The van der Waals surface area contributed by atoms with Crippen molar-refractivity contribution in [2.45, 2.75) is 90.4 Å². The number of hydrogen-bond donors (Lipinski definition) is 0. The van der Waals surface area contributed by atoms with Gasteiger partial charge in [-0.3, -0.25) is 9.59 Å². The van der Waals surface area contributed by atoms with Crippen molar-refractivity contribution in [3.63, 3.8) is 0 Å². The lowest BCUT2D eigenvalue weighted by molar-refractivity contribution is -0.163. The summed E-state index contributed by atoms with van der Waals surface area (Å²) in [5.41, 5.74) is 2.28. The smallest absolute Gasteiger partial charge is 0.313 e. The molecule has 5 atom stereocenters. The molecule has 6 heteroatoms. The second kappa shape index (κ2) is 12.5. The fraction of sp³-hybridized carbons (Fsp3) is 0.704. The summed E-state index contributed by atoms with van der Waals surface area (Å²) in [6.45, 7) is 8.96. The SMILES string of the molecule is CC(=O)OCC1CCC(C2CCCC(COC(=O)C(C)c3ccc(CC(C)C)cc3)O2)CO1. The van der Waals surface area contributed by atoms with Gasteiger partial charge in [-0.1, -0.05) is 38.1 Å². The van der Waals surface area contributed by atoms with Gasteiger partial charge in [-0.05, 0) is 62.5 Å². The average molecular weight is 461 g/mol. The van der Waals surface area contributed by atoms with Crippen molar-refractivity contribution in [2.75, 3.05) is 19.8 Å². The molecule has 6 nitrogen and oxygen atoms in total. The standard InChI is InChI=1S/C27H40O6/c1-18(2)14-21-8-10-22(11-9-21)19(3)27(29)32-17-25-6-5-7-26(33-25)23-12-13-24(31-15-23)16-30-20(4)28/h8-11,18-19,23-26H,5-7,12-17H2,1-4H3. The molecular weight excluding hydrogens is 420 g/mol. The van der Waals surface area contributed by atoms with E-state index in [0.29, 0.717) is 31.7 Å². The molecular formula is C27H40O6. The quantitative estimate of drug-likeness (QED) is 0.492. The first-order valence-electron chi connectivity index (χ1n) is 12.5. The Kier molecular flexibility index (Phi) is 9.75. The molecule has 0 N–H and O–H groups in total. The topological polar surface area (TPSA) is 71.1 Å². The predicted octanol–water partition coefficient (Wildman–Crippen LogP) is 4.83. The van der Waals surface area contributed by atoms with E-state index in [1.807, 2.05) is 19.1 Å². The molecule has 2 saturated heterocycles. The molecule has 1 aromatic carbocycles. The van der Waals surface area contributed by atoms with Gasteiger partial charge in [-0.2, -0.15) is 0 Å². The Bertz CT molecular complexity index is 750. The number of benzene rings is 1. The zero-order valence-corrected chi connectivity index (χ0v) is 20.6. The van der Waals surface area contributed by atoms with Crippen molar-refractivity contribution >= 4 is 11.9 Å². The Morgan fingerprint density at radius 1 is 0.970 bits per heavy atom. The molecule has 5 unspecified atom stereocenters. The second-order valence-electron chi connectivity index (χ2n) is 10.0. The van der Waals surface area contributed by atoms with Crippen molar-refractivity contribution in [3.05, 3.63) is 35.4 Å². The van der Waals surface area contributed by atoms with E-state index in [9.17, 15) is 9.59 Å². The summed E-state index contributed by atoms with van der Waals surface area (Å²) in [5, 5.41) is 0. The molecule has 3 rings (SSSR count). The Morgan fingerprint density at radius 3 is 2.33 bits per heavy atom. The van der Waals surface area contributed by atoms with Crippen LogP contribution in [-0.4, -0.2) is 50.1 Å².